The number of fused-ring (bicyclic) bond motifs is 3. The van der Waals surface area contributed by atoms with Crippen molar-refractivity contribution in [3.63, 3.8) is 0 Å². The predicted molar refractivity (Wildman–Crippen MR) is 153 cm³/mol. The predicted octanol–water partition coefficient (Wildman–Crippen LogP) is 5.15. The molecular weight excluding hydrogens is 442 g/mol. The van der Waals surface area contributed by atoms with Crippen molar-refractivity contribution in [2.75, 3.05) is 0 Å². The Bertz CT molecular complexity index is 1720. The van der Waals surface area contributed by atoms with E-state index in [-0.39, 0.29) is 5.02 Å². The molecule has 0 saturated carbocycles. The zero-order valence-electron chi connectivity index (χ0n) is 18.9. The smallest absolute Gasteiger partial charge is 0.116 e. The van der Waals surface area contributed by atoms with Gasteiger partial charge in [0.15, 0.2) is 0 Å². The summed E-state index contributed by atoms with van der Waals surface area (Å²) in [6.45, 7) is 0. The quantitative estimate of drug-likeness (QED) is 0.323. The number of hydrogen-bond donors (Lipinski definition) is 0. The van der Waals surface area contributed by atoms with Crippen LogP contribution in [0.2, 0.25) is 5.02 Å². The number of rotatable bonds is 3. The Labute approximate surface area is 213 Å². The Morgan fingerprint density at radius 3 is 1.80 bits per heavy atom. The van der Waals surface area contributed by atoms with Crippen LogP contribution in [0.5, 0.6) is 0 Å². The summed E-state index contributed by atoms with van der Waals surface area (Å²) < 4.78 is 2.13. The van der Waals surface area contributed by atoms with Gasteiger partial charge < -0.3 is 4.57 Å². The Balaban J connectivity index is 1.71. The fourth-order valence-corrected chi connectivity index (χ4v) is 5.05. The van der Waals surface area contributed by atoms with Crippen LogP contribution in [0.4, 0.5) is 0 Å². The first-order valence-electron chi connectivity index (χ1n) is 11.4. The molecule has 0 spiro atoms. The molecule has 1 heterocycles. The van der Waals surface area contributed by atoms with E-state index in [0.717, 1.165) is 49.7 Å². The molecule has 5 aromatic carbocycles. The Hall–Kier alpha value is -3.62. The van der Waals surface area contributed by atoms with E-state index in [9.17, 15) is 0 Å². The molecule has 0 unspecified atom stereocenters. The zero-order chi connectivity index (χ0) is 24.1. The summed E-state index contributed by atoms with van der Waals surface area (Å²) in [5, 5.41) is 2.06. The number of aromatic nitrogens is 1. The Kier molecular flexibility index (Phi) is 5.35. The normalized spacial score (nSPS) is 11.3. The fourth-order valence-electron chi connectivity index (χ4n) is 4.85. The summed E-state index contributed by atoms with van der Waals surface area (Å²) >= 11 is 6.54. The number of halogens is 1. The van der Waals surface area contributed by atoms with E-state index in [4.69, 9.17) is 35.1 Å². The average Bonchev–Trinajstić information content (AvgIpc) is 3.26. The highest BCUT2D eigenvalue weighted by molar-refractivity contribution is 6.64. The van der Waals surface area contributed by atoms with Gasteiger partial charge in [0.2, 0.25) is 0 Å². The van der Waals surface area contributed by atoms with Gasteiger partial charge in [-0.15, -0.1) is 0 Å². The molecule has 0 saturated heterocycles. The van der Waals surface area contributed by atoms with Gasteiger partial charge in [-0.1, -0.05) is 107 Å². The van der Waals surface area contributed by atoms with Gasteiger partial charge in [-0.05, 0) is 46.5 Å². The second-order valence-corrected chi connectivity index (χ2v) is 9.01. The lowest BCUT2D eigenvalue weighted by molar-refractivity contribution is 1.19. The molecule has 6 aromatic rings. The van der Waals surface area contributed by atoms with Gasteiger partial charge in [-0.3, -0.25) is 0 Å². The molecule has 5 heteroatoms. The minimum absolute atomic E-state index is 0.289. The first-order chi connectivity index (χ1) is 17.0. The van der Waals surface area contributed by atoms with Crippen molar-refractivity contribution >= 4 is 73.3 Å². The first-order valence-corrected chi connectivity index (χ1v) is 11.7. The number of nitrogens with zero attached hydrogens (tertiary/aromatic N) is 1. The van der Waals surface area contributed by atoms with Gasteiger partial charge in [0.05, 0.1) is 5.52 Å². The molecule has 1 aromatic heterocycles. The Morgan fingerprint density at radius 1 is 0.543 bits per heavy atom. The summed E-state index contributed by atoms with van der Waals surface area (Å²) in [6.07, 6.45) is 0. The van der Waals surface area contributed by atoms with Gasteiger partial charge in [-0.2, -0.15) is 0 Å². The van der Waals surface area contributed by atoms with Crippen LogP contribution in [-0.2, 0) is 0 Å². The molecule has 0 fully saturated rings. The maximum absolute atomic E-state index is 6.60. The second-order valence-electron chi connectivity index (χ2n) is 8.63. The molecule has 0 amide bonds. The lowest BCUT2D eigenvalue weighted by atomic mass is 9.74. The fraction of sp³-hybridized carbons (Fsp3) is 0. The minimum Gasteiger partial charge on any atom is -0.310 e. The number of hydrogen-bond acceptors (Lipinski definition) is 0. The van der Waals surface area contributed by atoms with Crippen molar-refractivity contribution in [2.24, 2.45) is 0 Å². The highest BCUT2D eigenvalue weighted by atomic mass is 35.5. The molecular formula is C30H17B3ClN. The van der Waals surface area contributed by atoms with Gasteiger partial charge in [0.25, 0.3) is 0 Å². The molecule has 0 bridgehead atoms. The van der Waals surface area contributed by atoms with E-state index in [1.807, 2.05) is 42.5 Å². The van der Waals surface area contributed by atoms with Gasteiger partial charge >= 0.3 is 0 Å². The topological polar surface area (TPSA) is 4.93 Å². The maximum Gasteiger partial charge on any atom is 0.116 e. The molecule has 0 aliphatic heterocycles. The second kappa shape index (κ2) is 8.55. The summed E-state index contributed by atoms with van der Waals surface area (Å²) in [5.41, 5.74) is 8.29. The van der Waals surface area contributed by atoms with Crippen molar-refractivity contribution in [2.45, 2.75) is 0 Å². The molecule has 158 valence electrons. The summed E-state index contributed by atoms with van der Waals surface area (Å²) in [7, 11) is 19.5. The first kappa shape index (κ1) is 21.9. The third-order valence-electron chi connectivity index (χ3n) is 6.57. The third kappa shape index (κ3) is 3.52. The summed E-state index contributed by atoms with van der Waals surface area (Å²) in [4.78, 5) is 0. The van der Waals surface area contributed by atoms with Crippen molar-refractivity contribution in [3.8, 4) is 27.9 Å². The monoisotopic (exact) mass is 459 g/mol. The minimum atomic E-state index is 0.289. The van der Waals surface area contributed by atoms with Crippen LogP contribution in [0.25, 0.3) is 49.7 Å². The van der Waals surface area contributed by atoms with Gasteiger partial charge in [-0.25, -0.2) is 0 Å². The third-order valence-corrected chi connectivity index (χ3v) is 6.98. The summed E-state index contributed by atoms with van der Waals surface area (Å²) in [5.74, 6) is 0. The van der Waals surface area contributed by atoms with E-state index in [0.29, 0.717) is 16.4 Å². The molecule has 0 aliphatic carbocycles. The highest BCUT2D eigenvalue weighted by Crippen LogP contribution is 2.35. The van der Waals surface area contributed by atoms with Crippen LogP contribution < -0.4 is 16.4 Å². The molecule has 0 N–H and O–H groups in total. The van der Waals surface area contributed by atoms with Crippen LogP contribution >= 0.6 is 11.6 Å². The van der Waals surface area contributed by atoms with Gasteiger partial charge in [0.1, 0.15) is 23.5 Å². The van der Waals surface area contributed by atoms with E-state index in [1.165, 1.54) is 0 Å². The largest absolute Gasteiger partial charge is 0.310 e. The molecule has 35 heavy (non-hydrogen) atoms. The maximum atomic E-state index is 6.60. The van der Waals surface area contributed by atoms with Crippen molar-refractivity contribution in [1.29, 1.82) is 0 Å². The highest BCUT2D eigenvalue weighted by Gasteiger charge is 2.20. The molecule has 6 radical (unpaired) electrons. The SMILES string of the molecule is [B]c1c(Cl)c([B])c2c3cc(-c4ccccc4)ccc3n(-c3cccc(-c4ccccc4)c3)c2c1[B]. The van der Waals surface area contributed by atoms with Crippen LogP contribution in [0, 0.1) is 0 Å². The Morgan fingerprint density at radius 2 is 1.14 bits per heavy atom. The molecule has 6 rings (SSSR count). The lowest BCUT2D eigenvalue weighted by Gasteiger charge is -2.15. The average molecular weight is 459 g/mol. The van der Waals surface area contributed by atoms with Gasteiger partial charge in [0, 0.05) is 27.0 Å². The molecule has 0 aliphatic rings. The van der Waals surface area contributed by atoms with E-state index >= 15 is 0 Å². The van der Waals surface area contributed by atoms with Crippen molar-refractivity contribution in [1.82, 2.24) is 4.57 Å². The van der Waals surface area contributed by atoms with E-state index in [1.54, 1.807) is 0 Å². The number of benzene rings is 5. The molecule has 1 nitrogen and oxygen atoms in total. The van der Waals surface area contributed by atoms with Crippen LogP contribution in [0.1, 0.15) is 0 Å². The zero-order valence-corrected chi connectivity index (χ0v) is 19.6. The van der Waals surface area contributed by atoms with Crippen LogP contribution in [-0.4, -0.2) is 28.1 Å². The van der Waals surface area contributed by atoms with Crippen LogP contribution in [0.15, 0.2) is 103 Å². The lowest BCUT2D eigenvalue weighted by Crippen LogP contribution is -2.33. The van der Waals surface area contributed by atoms with Crippen molar-refractivity contribution < 1.29 is 0 Å². The molecule has 0 atom stereocenters. The van der Waals surface area contributed by atoms with Crippen molar-refractivity contribution in [3.05, 3.63) is 108 Å². The van der Waals surface area contributed by atoms with Crippen LogP contribution in [0.3, 0.4) is 0 Å². The van der Waals surface area contributed by atoms with E-state index < -0.39 is 0 Å². The standard InChI is InChI=1S/C30H17B3ClN/c31-26-25-23-17-21(19-10-5-2-6-11-19)14-15-24(23)35(30(25)28(33)27(32)29(26)34)22-13-7-12-20(16-22)18-8-3-1-4-9-18/h1-17H. The summed E-state index contributed by atoms with van der Waals surface area (Å²) in [6, 6.07) is 35.3. The van der Waals surface area contributed by atoms with E-state index in [2.05, 4.69) is 65.2 Å².